The van der Waals surface area contributed by atoms with Gasteiger partial charge in [-0.25, -0.2) is 0 Å². The second-order valence-corrected chi connectivity index (χ2v) is 8.36. The van der Waals surface area contributed by atoms with Crippen molar-refractivity contribution < 1.29 is 0 Å². The standard InChI is InChI=1S/C31H11N5/c1-34-26-14-25-23-12-17(15-32)18(16-33)13-24(23)27-21-10-6-4-8-19(21)20-9-5-7-11-22(20)28(27)29(25)31(36-3)30(26)35-2/h4-14H. The van der Waals surface area contributed by atoms with Crippen molar-refractivity contribution in [1.29, 1.82) is 10.5 Å². The smallest absolute Gasteiger partial charge is 0.201 e. The summed E-state index contributed by atoms with van der Waals surface area (Å²) in [5, 5.41) is 27.7. The molecule has 0 aliphatic carbocycles. The molecule has 0 saturated heterocycles. The van der Waals surface area contributed by atoms with Crippen LogP contribution in [0.2, 0.25) is 0 Å². The molecule has 0 amide bonds. The normalized spacial score (nSPS) is 10.6. The molecule has 0 fully saturated rings. The molecule has 0 unspecified atom stereocenters. The van der Waals surface area contributed by atoms with E-state index in [-0.39, 0.29) is 28.2 Å². The van der Waals surface area contributed by atoms with E-state index in [9.17, 15) is 10.5 Å². The van der Waals surface area contributed by atoms with E-state index in [1.807, 2.05) is 48.5 Å². The van der Waals surface area contributed by atoms with Gasteiger partial charge in [-0.05, 0) is 66.0 Å². The molecule has 160 valence electrons. The Morgan fingerprint density at radius 2 is 1.00 bits per heavy atom. The summed E-state index contributed by atoms with van der Waals surface area (Å²) < 4.78 is 0. The van der Waals surface area contributed by atoms with Crippen LogP contribution in [0, 0.1) is 42.4 Å². The van der Waals surface area contributed by atoms with Crippen molar-refractivity contribution in [3.8, 4) is 12.1 Å². The lowest BCUT2D eigenvalue weighted by atomic mass is 9.85. The van der Waals surface area contributed by atoms with Crippen LogP contribution >= 0.6 is 0 Å². The Labute approximate surface area is 205 Å². The second kappa shape index (κ2) is 7.55. The van der Waals surface area contributed by atoms with Gasteiger partial charge in [0.15, 0.2) is 11.4 Å². The van der Waals surface area contributed by atoms with Crippen LogP contribution in [-0.2, 0) is 0 Å². The van der Waals surface area contributed by atoms with E-state index in [2.05, 4.69) is 26.7 Å². The number of benzene rings is 6. The number of rotatable bonds is 0. The minimum absolute atomic E-state index is 0.0274. The highest BCUT2D eigenvalue weighted by Gasteiger charge is 2.23. The molecular weight excluding hydrogens is 442 g/mol. The first-order valence-electron chi connectivity index (χ1n) is 10.9. The number of fused-ring (bicyclic) bond motifs is 11. The van der Waals surface area contributed by atoms with E-state index in [1.165, 1.54) is 0 Å². The average molecular weight is 453 g/mol. The van der Waals surface area contributed by atoms with Gasteiger partial charge in [-0.15, -0.1) is 0 Å². The van der Waals surface area contributed by atoms with Crippen LogP contribution < -0.4 is 0 Å². The molecule has 0 saturated carbocycles. The zero-order valence-electron chi connectivity index (χ0n) is 18.6. The van der Waals surface area contributed by atoms with Gasteiger partial charge in [-0.3, -0.25) is 14.5 Å². The quantitative estimate of drug-likeness (QED) is 0.170. The predicted octanol–water partition coefficient (Wildman–Crippen LogP) is 8.85. The number of hydrogen-bond donors (Lipinski definition) is 0. The van der Waals surface area contributed by atoms with Crippen LogP contribution in [0.4, 0.5) is 17.1 Å². The van der Waals surface area contributed by atoms with Crippen LogP contribution in [0.3, 0.4) is 0 Å². The summed E-state index contributed by atoms with van der Waals surface area (Å²) in [7, 11) is 0. The molecule has 0 aromatic heterocycles. The van der Waals surface area contributed by atoms with Crippen LogP contribution in [0.5, 0.6) is 0 Å². The van der Waals surface area contributed by atoms with E-state index in [0.717, 1.165) is 37.7 Å². The van der Waals surface area contributed by atoms with Gasteiger partial charge < -0.3 is 0 Å². The maximum atomic E-state index is 9.80. The number of nitrogens with zero attached hydrogens (tertiary/aromatic N) is 5. The van der Waals surface area contributed by atoms with Crippen molar-refractivity contribution in [1.82, 2.24) is 0 Å². The van der Waals surface area contributed by atoms with E-state index < -0.39 is 0 Å². The molecule has 0 aliphatic heterocycles. The molecule has 0 spiro atoms. The van der Waals surface area contributed by atoms with E-state index in [1.54, 1.807) is 18.2 Å². The van der Waals surface area contributed by atoms with Gasteiger partial charge in [0.2, 0.25) is 5.69 Å². The third-order valence-corrected chi connectivity index (χ3v) is 6.74. The molecular formula is C31H11N5. The van der Waals surface area contributed by atoms with Crippen LogP contribution in [0.25, 0.3) is 68.4 Å². The fraction of sp³-hybridized carbons (Fsp3) is 0. The van der Waals surface area contributed by atoms with Crippen LogP contribution in [0.1, 0.15) is 11.1 Å². The molecule has 0 heterocycles. The Morgan fingerprint density at radius 1 is 0.500 bits per heavy atom. The molecule has 0 N–H and O–H groups in total. The van der Waals surface area contributed by atoms with Gasteiger partial charge in [-0.1, -0.05) is 54.6 Å². The Hall–Kier alpha value is -5.93. The minimum atomic E-state index is 0.0274. The van der Waals surface area contributed by atoms with E-state index >= 15 is 0 Å². The maximum Gasteiger partial charge on any atom is 0.201 e. The minimum Gasteiger partial charge on any atom is -0.262 e. The molecule has 5 heteroatoms. The lowest BCUT2D eigenvalue weighted by molar-refractivity contribution is 1.45. The monoisotopic (exact) mass is 453 g/mol. The lowest BCUT2D eigenvalue weighted by Gasteiger charge is -2.18. The van der Waals surface area contributed by atoms with Crippen molar-refractivity contribution >= 4 is 70.9 Å². The van der Waals surface area contributed by atoms with Crippen molar-refractivity contribution in [2.75, 3.05) is 0 Å². The van der Waals surface area contributed by atoms with E-state index in [4.69, 9.17) is 19.7 Å². The highest BCUT2D eigenvalue weighted by atomic mass is 14.8. The zero-order chi connectivity index (χ0) is 25.0. The second-order valence-electron chi connectivity index (χ2n) is 8.36. The molecule has 0 bridgehead atoms. The summed E-state index contributed by atoms with van der Waals surface area (Å²) in [4.78, 5) is 10.9. The Kier molecular flexibility index (Phi) is 4.33. The fourth-order valence-corrected chi connectivity index (χ4v) is 5.31. The van der Waals surface area contributed by atoms with Crippen LogP contribution in [-0.4, -0.2) is 0 Å². The Bertz CT molecular complexity index is 2210. The van der Waals surface area contributed by atoms with Crippen molar-refractivity contribution in [3.05, 3.63) is 112 Å². The molecule has 0 atom stereocenters. The van der Waals surface area contributed by atoms with Gasteiger partial charge in [0, 0.05) is 0 Å². The zero-order valence-corrected chi connectivity index (χ0v) is 18.6. The fourth-order valence-electron chi connectivity index (χ4n) is 5.31. The van der Waals surface area contributed by atoms with Crippen LogP contribution in [0.15, 0.2) is 66.7 Å². The highest BCUT2D eigenvalue weighted by Crippen LogP contribution is 2.52. The first kappa shape index (κ1) is 20.7. The summed E-state index contributed by atoms with van der Waals surface area (Å²) in [5.41, 5.74) is 0.732. The molecule has 0 aliphatic rings. The molecule has 0 radical (unpaired) electrons. The molecule has 6 rings (SSSR count). The number of nitriles is 2. The summed E-state index contributed by atoms with van der Waals surface area (Å²) in [6.45, 7) is 23.4. The third-order valence-electron chi connectivity index (χ3n) is 6.74. The van der Waals surface area contributed by atoms with Gasteiger partial charge in [0.1, 0.15) is 12.1 Å². The molecule has 36 heavy (non-hydrogen) atoms. The van der Waals surface area contributed by atoms with Crippen molar-refractivity contribution in [2.24, 2.45) is 0 Å². The number of hydrogen-bond acceptors (Lipinski definition) is 2. The van der Waals surface area contributed by atoms with Crippen molar-refractivity contribution in [3.63, 3.8) is 0 Å². The SMILES string of the molecule is [C-]#[N+]c1cc2c3cc(C#N)c(C#N)cc3c3c4ccccc4c4ccccc4c3c2c([N+]#[C-])c1[N+]#[C-]. The third kappa shape index (κ3) is 2.54. The van der Waals surface area contributed by atoms with Crippen molar-refractivity contribution in [2.45, 2.75) is 0 Å². The molecule has 6 aromatic rings. The van der Waals surface area contributed by atoms with Gasteiger partial charge >= 0.3 is 0 Å². The summed E-state index contributed by atoms with van der Waals surface area (Å²) >= 11 is 0. The molecule has 5 nitrogen and oxygen atoms in total. The summed E-state index contributed by atoms with van der Waals surface area (Å²) in [6.07, 6.45) is 0. The Morgan fingerprint density at radius 3 is 1.53 bits per heavy atom. The summed E-state index contributed by atoms with van der Waals surface area (Å²) in [6, 6.07) is 25.2. The Balaban J connectivity index is 2.15. The van der Waals surface area contributed by atoms with Gasteiger partial charge in [0.25, 0.3) is 0 Å². The van der Waals surface area contributed by atoms with Gasteiger partial charge in [-0.2, -0.15) is 10.5 Å². The maximum absolute atomic E-state index is 9.80. The average Bonchev–Trinajstić information content (AvgIpc) is 2.94. The lowest BCUT2D eigenvalue weighted by Crippen LogP contribution is -1.92. The largest absolute Gasteiger partial charge is 0.262 e. The van der Waals surface area contributed by atoms with Gasteiger partial charge in [0.05, 0.1) is 30.8 Å². The summed E-state index contributed by atoms with van der Waals surface area (Å²) in [5.74, 6) is 0. The first-order valence-corrected chi connectivity index (χ1v) is 10.9. The van der Waals surface area contributed by atoms with E-state index in [0.29, 0.717) is 16.2 Å². The first-order chi connectivity index (χ1) is 17.7. The topological polar surface area (TPSA) is 60.7 Å². The highest BCUT2D eigenvalue weighted by molar-refractivity contribution is 6.42. The molecule has 6 aromatic carbocycles. The predicted molar refractivity (Wildman–Crippen MR) is 142 cm³/mol.